The molecule has 1 aromatic rings. The standard InChI is InChI=1S/C14H19NO2/c1-11-2-4-12(5-3-11)10-17-14-8-6-13(15-16)7-9-14/h2-5,14,16H,6-10H2,1H3. The number of rotatable bonds is 3. The number of ether oxygens (including phenoxy) is 1. The molecule has 1 aliphatic carbocycles. The highest BCUT2D eigenvalue weighted by molar-refractivity contribution is 5.84. The molecule has 1 saturated carbocycles. The van der Waals surface area contributed by atoms with E-state index < -0.39 is 0 Å². The largest absolute Gasteiger partial charge is 0.411 e. The third-order valence-electron chi connectivity index (χ3n) is 3.26. The van der Waals surface area contributed by atoms with Crippen LogP contribution in [0.1, 0.15) is 36.8 Å². The molecule has 17 heavy (non-hydrogen) atoms. The number of oxime groups is 1. The SMILES string of the molecule is Cc1ccc(COC2CCC(=NO)CC2)cc1. The molecular formula is C14H19NO2. The molecule has 1 fully saturated rings. The molecule has 0 amide bonds. The molecule has 2 rings (SSSR count). The van der Waals surface area contributed by atoms with Gasteiger partial charge in [-0.3, -0.25) is 0 Å². The van der Waals surface area contributed by atoms with Crippen LogP contribution < -0.4 is 0 Å². The number of nitrogens with zero attached hydrogens (tertiary/aromatic N) is 1. The molecule has 0 aliphatic heterocycles. The second kappa shape index (κ2) is 5.82. The second-order valence-corrected chi connectivity index (χ2v) is 4.66. The predicted octanol–water partition coefficient (Wildman–Crippen LogP) is 3.28. The monoisotopic (exact) mass is 233 g/mol. The zero-order valence-electron chi connectivity index (χ0n) is 10.2. The molecule has 3 heteroatoms. The lowest BCUT2D eigenvalue weighted by atomic mass is 9.96. The van der Waals surface area contributed by atoms with Crippen LogP contribution in [0.4, 0.5) is 0 Å². The first-order valence-corrected chi connectivity index (χ1v) is 6.15. The fourth-order valence-corrected chi connectivity index (χ4v) is 2.09. The smallest absolute Gasteiger partial charge is 0.0720 e. The summed E-state index contributed by atoms with van der Waals surface area (Å²) in [4.78, 5) is 0. The Morgan fingerprint density at radius 2 is 1.88 bits per heavy atom. The summed E-state index contributed by atoms with van der Waals surface area (Å²) in [5.41, 5.74) is 3.40. The van der Waals surface area contributed by atoms with Gasteiger partial charge in [-0.1, -0.05) is 35.0 Å². The average molecular weight is 233 g/mol. The maximum atomic E-state index is 8.66. The lowest BCUT2D eigenvalue weighted by Gasteiger charge is -2.22. The molecule has 0 heterocycles. The summed E-state index contributed by atoms with van der Waals surface area (Å²) in [7, 11) is 0. The van der Waals surface area contributed by atoms with Crippen molar-refractivity contribution in [2.24, 2.45) is 5.16 Å². The van der Waals surface area contributed by atoms with Gasteiger partial charge in [0.2, 0.25) is 0 Å². The van der Waals surface area contributed by atoms with Crippen LogP contribution in [0.25, 0.3) is 0 Å². The van der Waals surface area contributed by atoms with E-state index in [4.69, 9.17) is 9.94 Å². The van der Waals surface area contributed by atoms with E-state index in [0.29, 0.717) is 12.7 Å². The molecule has 1 N–H and O–H groups in total. The molecule has 3 nitrogen and oxygen atoms in total. The van der Waals surface area contributed by atoms with Gasteiger partial charge in [0.25, 0.3) is 0 Å². The van der Waals surface area contributed by atoms with E-state index >= 15 is 0 Å². The Morgan fingerprint density at radius 3 is 2.47 bits per heavy atom. The number of aryl methyl sites for hydroxylation is 1. The minimum atomic E-state index is 0.307. The van der Waals surface area contributed by atoms with Gasteiger partial charge in [-0.2, -0.15) is 0 Å². The molecule has 0 unspecified atom stereocenters. The Kier molecular flexibility index (Phi) is 4.15. The summed E-state index contributed by atoms with van der Waals surface area (Å²) in [5, 5.41) is 11.9. The highest BCUT2D eigenvalue weighted by Crippen LogP contribution is 2.20. The van der Waals surface area contributed by atoms with E-state index in [9.17, 15) is 0 Å². The quantitative estimate of drug-likeness (QED) is 0.643. The Hall–Kier alpha value is -1.35. The molecule has 0 atom stereocenters. The van der Waals surface area contributed by atoms with E-state index in [-0.39, 0.29) is 0 Å². The fourth-order valence-electron chi connectivity index (χ4n) is 2.09. The summed E-state index contributed by atoms with van der Waals surface area (Å²) in [5.74, 6) is 0. The number of hydrogen-bond acceptors (Lipinski definition) is 3. The van der Waals surface area contributed by atoms with Crippen LogP contribution in [-0.2, 0) is 11.3 Å². The molecule has 0 radical (unpaired) electrons. The van der Waals surface area contributed by atoms with E-state index in [1.807, 2.05) is 0 Å². The Morgan fingerprint density at radius 1 is 1.24 bits per heavy atom. The van der Waals surface area contributed by atoms with Crippen molar-refractivity contribution in [3.05, 3.63) is 35.4 Å². The van der Waals surface area contributed by atoms with Crippen molar-refractivity contribution in [2.75, 3.05) is 0 Å². The first-order valence-electron chi connectivity index (χ1n) is 6.15. The molecule has 92 valence electrons. The van der Waals surface area contributed by atoms with Crippen molar-refractivity contribution in [3.63, 3.8) is 0 Å². The molecule has 0 bridgehead atoms. The van der Waals surface area contributed by atoms with Gasteiger partial charge < -0.3 is 9.94 Å². The first kappa shape index (κ1) is 12.1. The molecule has 1 aromatic carbocycles. The van der Waals surface area contributed by atoms with Crippen LogP contribution in [0.5, 0.6) is 0 Å². The van der Waals surface area contributed by atoms with Crippen molar-refractivity contribution in [3.8, 4) is 0 Å². The maximum absolute atomic E-state index is 8.66. The van der Waals surface area contributed by atoms with Crippen molar-refractivity contribution in [1.29, 1.82) is 0 Å². The second-order valence-electron chi connectivity index (χ2n) is 4.66. The number of benzene rings is 1. The lowest BCUT2D eigenvalue weighted by molar-refractivity contribution is 0.0277. The van der Waals surface area contributed by atoms with Crippen LogP contribution in [0.15, 0.2) is 29.4 Å². The van der Waals surface area contributed by atoms with Gasteiger partial charge in [0, 0.05) is 0 Å². The van der Waals surface area contributed by atoms with Gasteiger partial charge >= 0.3 is 0 Å². The molecule has 1 aliphatic rings. The molecular weight excluding hydrogens is 214 g/mol. The van der Waals surface area contributed by atoms with Gasteiger partial charge in [0.05, 0.1) is 18.4 Å². The van der Waals surface area contributed by atoms with Crippen LogP contribution in [0.3, 0.4) is 0 Å². The van der Waals surface area contributed by atoms with Crippen molar-refractivity contribution >= 4 is 5.71 Å². The van der Waals surface area contributed by atoms with Crippen molar-refractivity contribution in [2.45, 2.75) is 45.3 Å². The Balaban J connectivity index is 1.77. The highest BCUT2D eigenvalue weighted by Gasteiger charge is 2.18. The molecule has 0 saturated heterocycles. The Bertz CT molecular complexity index is 374. The summed E-state index contributed by atoms with van der Waals surface area (Å²) >= 11 is 0. The maximum Gasteiger partial charge on any atom is 0.0720 e. The van der Waals surface area contributed by atoms with Crippen molar-refractivity contribution in [1.82, 2.24) is 0 Å². The van der Waals surface area contributed by atoms with Gasteiger partial charge in [0.1, 0.15) is 0 Å². The minimum Gasteiger partial charge on any atom is -0.411 e. The topological polar surface area (TPSA) is 41.8 Å². The molecule has 0 aromatic heterocycles. The zero-order valence-corrected chi connectivity index (χ0v) is 10.2. The fraction of sp³-hybridized carbons (Fsp3) is 0.500. The van der Waals surface area contributed by atoms with E-state index in [1.54, 1.807) is 0 Å². The van der Waals surface area contributed by atoms with Gasteiger partial charge in [0.15, 0.2) is 0 Å². The molecule has 0 spiro atoms. The summed E-state index contributed by atoms with van der Waals surface area (Å²) in [6.07, 6.45) is 3.95. The summed E-state index contributed by atoms with van der Waals surface area (Å²) in [6.45, 7) is 2.76. The first-order chi connectivity index (χ1) is 8.28. The van der Waals surface area contributed by atoms with E-state index in [2.05, 4.69) is 36.3 Å². The summed E-state index contributed by atoms with van der Waals surface area (Å²) in [6, 6.07) is 8.43. The lowest BCUT2D eigenvalue weighted by Crippen LogP contribution is -2.21. The number of hydrogen-bond donors (Lipinski definition) is 1. The normalized spacial score (nSPS) is 20.3. The average Bonchev–Trinajstić information content (AvgIpc) is 2.39. The minimum absolute atomic E-state index is 0.307. The van der Waals surface area contributed by atoms with Crippen LogP contribution >= 0.6 is 0 Å². The van der Waals surface area contributed by atoms with Crippen LogP contribution in [0.2, 0.25) is 0 Å². The van der Waals surface area contributed by atoms with E-state index in [0.717, 1.165) is 31.4 Å². The van der Waals surface area contributed by atoms with E-state index in [1.165, 1.54) is 11.1 Å². The third-order valence-corrected chi connectivity index (χ3v) is 3.26. The predicted molar refractivity (Wildman–Crippen MR) is 67.4 cm³/mol. The highest BCUT2D eigenvalue weighted by atomic mass is 16.5. The van der Waals surface area contributed by atoms with Crippen LogP contribution in [0, 0.1) is 6.92 Å². The van der Waals surface area contributed by atoms with Crippen molar-refractivity contribution < 1.29 is 9.94 Å². The third kappa shape index (κ3) is 3.56. The van der Waals surface area contributed by atoms with Crippen LogP contribution in [-0.4, -0.2) is 17.0 Å². The van der Waals surface area contributed by atoms with Gasteiger partial charge in [-0.25, -0.2) is 0 Å². The summed E-state index contributed by atoms with van der Waals surface area (Å²) < 4.78 is 5.87. The zero-order chi connectivity index (χ0) is 12.1. The van der Waals surface area contributed by atoms with Gasteiger partial charge in [-0.15, -0.1) is 0 Å². The van der Waals surface area contributed by atoms with Gasteiger partial charge in [-0.05, 0) is 38.2 Å². The Labute approximate surface area is 102 Å².